The van der Waals surface area contributed by atoms with Crippen LogP contribution in [-0.2, 0) is 0 Å². The zero-order valence-corrected chi connectivity index (χ0v) is 10.4. The van der Waals surface area contributed by atoms with E-state index in [2.05, 4.69) is 0 Å². The number of carbonyl (C=O) groups is 1. The Morgan fingerprint density at radius 1 is 1.21 bits per heavy atom. The Morgan fingerprint density at radius 3 is 2.58 bits per heavy atom. The van der Waals surface area contributed by atoms with Crippen LogP contribution >= 0.6 is 11.6 Å². The van der Waals surface area contributed by atoms with Crippen LogP contribution in [0.5, 0.6) is 11.5 Å². The van der Waals surface area contributed by atoms with Crippen LogP contribution in [0.4, 0.5) is 10.1 Å². The van der Waals surface area contributed by atoms with E-state index in [0.29, 0.717) is 0 Å². The molecule has 0 aliphatic heterocycles. The zero-order valence-electron chi connectivity index (χ0n) is 9.69. The minimum atomic E-state index is -0.644. The van der Waals surface area contributed by atoms with Crippen molar-refractivity contribution in [3.63, 3.8) is 0 Å². The van der Waals surface area contributed by atoms with Gasteiger partial charge in [0.25, 0.3) is 5.91 Å². The quantitative estimate of drug-likeness (QED) is 0.849. The number of hydrogen-bond donors (Lipinski definition) is 2. The summed E-state index contributed by atoms with van der Waals surface area (Å²) in [5, 5.41) is -0.124. The average Bonchev–Trinajstić information content (AvgIpc) is 2.36. The molecule has 2 rings (SSSR count). The summed E-state index contributed by atoms with van der Waals surface area (Å²) in [6, 6.07) is 8.67. The van der Waals surface area contributed by atoms with Crippen molar-refractivity contribution in [1.82, 2.24) is 0 Å². The molecule has 0 radical (unpaired) electrons. The molecule has 1 amide bonds. The van der Waals surface area contributed by atoms with Crippen molar-refractivity contribution < 1.29 is 13.9 Å². The van der Waals surface area contributed by atoms with Crippen molar-refractivity contribution in [3.8, 4) is 11.5 Å². The molecular weight excluding hydrogens is 271 g/mol. The van der Waals surface area contributed by atoms with Crippen LogP contribution in [-0.4, -0.2) is 5.91 Å². The molecule has 0 fully saturated rings. The summed E-state index contributed by atoms with van der Waals surface area (Å²) in [5.74, 6) is -0.901. The summed E-state index contributed by atoms with van der Waals surface area (Å²) in [4.78, 5) is 11.2. The average molecular weight is 281 g/mol. The Labute approximate surface area is 113 Å². The smallest absolute Gasteiger partial charge is 0.252 e. The number of ether oxygens (including phenoxy) is 1. The van der Waals surface area contributed by atoms with E-state index in [1.807, 2.05) is 0 Å². The van der Waals surface area contributed by atoms with E-state index >= 15 is 0 Å². The van der Waals surface area contributed by atoms with E-state index in [1.54, 1.807) is 18.2 Å². The van der Waals surface area contributed by atoms with Crippen molar-refractivity contribution in [2.75, 3.05) is 5.73 Å². The normalized spacial score (nSPS) is 10.2. The Kier molecular flexibility index (Phi) is 3.57. The molecule has 0 unspecified atom stereocenters. The number of hydrogen-bond acceptors (Lipinski definition) is 3. The lowest BCUT2D eigenvalue weighted by molar-refractivity contribution is 0.0998. The first-order valence-corrected chi connectivity index (χ1v) is 5.68. The van der Waals surface area contributed by atoms with Crippen LogP contribution in [0.25, 0.3) is 0 Å². The number of carbonyl (C=O) groups excluding carboxylic acids is 1. The summed E-state index contributed by atoms with van der Waals surface area (Å²) < 4.78 is 18.6. The fourth-order valence-corrected chi connectivity index (χ4v) is 1.66. The van der Waals surface area contributed by atoms with Gasteiger partial charge in [0, 0.05) is 12.1 Å². The van der Waals surface area contributed by atoms with Crippen LogP contribution < -0.4 is 16.2 Å². The van der Waals surface area contributed by atoms with Crippen molar-refractivity contribution in [3.05, 3.63) is 52.8 Å². The van der Waals surface area contributed by atoms with Gasteiger partial charge in [0.15, 0.2) is 5.75 Å². The summed E-state index contributed by atoms with van der Waals surface area (Å²) in [5.41, 5.74) is 11.1. The number of rotatable bonds is 3. The maximum Gasteiger partial charge on any atom is 0.252 e. The number of nitrogen functional groups attached to an aromatic ring is 1. The second-order valence-corrected chi connectivity index (χ2v) is 4.17. The number of amides is 1. The molecule has 2 aromatic rings. The van der Waals surface area contributed by atoms with Crippen molar-refractivity contribution in [2.45, 2.75) is 0 Å². The minimum Gasteiger partial charge on any atom is -0.454 e. The van der Waals surface area contributed by atoms with Crippen LogP contribution in [0.3, 0.4) is 0 Å². The molecule has 0 atom stereocenters. The van der Waals surface area contributed by atoms with Gasteiger partial charge < -0.3 is 16.2 Å². The predicted octanol–water partition coefficient (Wildman–Crippen LogP) is 2.95. The highest BCUT2D eigenvalue weighted by Gasteiger charge is 2.12. The summed E-state index contributed by atoms with van der Waals surface area (Å²) in [6.45, 7) is 0. The monoisotopic (exact) mass is 280 g/mol. The maximum absolute atomic E-state index is 13.2. The van der Waals surface area contributed by atoms with Gasteiger partial charge in [0.1, 0.15) is 11.6 Å². The molecule has 4 nitrogen and oxygen atoms in total. The molecule has 2 aromatic carbocycles. The minimum absolute atomic E-state index is 0.0705. The maximum atomic E-state index is 13.2. The van der Waals surface area contributed by atoms with Crippen LogP contribution in [0.15, 0.2) is 36.4 Å². The number of primary amides is 1. The van der Waals surface area contributed by atoms with E-state index in [-0.39, 0.29) is 27.8 Å². The van der Waals surface area contributed by atoms with E-state index in [1.165, 1.54) is 12.1 Å². The van der Waals surface area contributed by atoms with Gasteiger partial charge in [-0.25, -0.2) is 4.39 Å². The Hall–Kier alpha value is -2.27. The van der Waals surface area contributed by atoms with E-state index < -0.39 is 11.7 Å². The molecule has 0 bridgehead atoms. The van der Waals surface area contributed by atoms with Gasteiger partial charge in [-0.3, -0.25) is 4.79 Å². The number of para-hydroxylation sites is 1. The second-order valence-electron chi connectivity index (χ2n) is 3.77. The third kappa shape index (κ3) is 2.77. The van der Waals surface area contributed by atoms with Gasteiger partial charge in [-0.1, -0.05) is 23.7 Å². The molecule has 98 valence electrons. The molecule has 4 N–H and O–H groups in total. The first-order chi connectivity index (χ1) is 8.99. The lowest BCUT2D eigenvalue weighted by Crippen LogP contribution is -2.12. The predicted molar refractivity (Wildman–Crippen MR) is 70.9 cm³/mol. The third-order valence-corrected chi connectivity index (χ3v) is 2.71. The summed E-state index contributed by atoms with van der Waals surface area (Å²) in [6.07, 6.45) is 0. The van der Waals surface area contributed by atoms with Gasteiger partial charge in [0.2, 0.25) is 0 Å². The van der Waals surface area contributed by atoms with Crippen molar-refractivity contribution in [1.29, 1.82) is 0 Å². The number of nitrogens with two attached hydrogens (primary N) is 2. The SMILES string of the molecule is NC(=O)c1ccccc1Oc1cc(Cl)c(F)cc1N. The Morgan fingerprint density at radius 2 is 1.89 bits per heavy atom. The Bertz CT molecular complexity index is 647. The summed E-state index contributed by atoms with van der Waals surface area (Å²) >= 11 is 5.65. The molecule has 6 heteroatoms. The largest absolute Gasteiger partial charge is 0.454 e. The molecule has 0 spiro atoms. The van der Waals surface area contributed by atoms with E-state index in [0.717, 1.165) is 6.07 Å². The lowest BCUT2D eigenvalue weighted by atomic mass is 10.2. The molecule has 0 aromatic heterocycles. The zero-order chi connectivity index (χ0) is 14.0. The van der Waals surface area contributed by atoms with Crippen LogP contribution in [0, 0.1) is 5.82 Å². The molecule has 0 heterocycles. The lowest BCUT2D eigenvalue weighted by Gasteiger charge is -2.11. The highest BCUT2D eigenvalue weighted by atomic mass is 35.5. The molecule has 0 aliphatic rings. The topological polar surface area (TPSA) is 78.3 Å². The fourth-order valence-electron chi connectivity index (χ4n) is 1.51. The van der Waals surface area contributed by atoms with Crippen LogP contribution in [0.2, 0.25) is 5.02 Å². The van der Waals surface area contributed by atoms with Gasteiger partial charge >= 0.3 is 0 Å². The highest BCUT2D eigenvalue weighted by molar-refractivity contribution is 6.31. The fraction of sp³-hybridized carbons (Fsp3) is 0. The first kappa shape index (κ1) is 13.2. The van der Waals surface area contributed by atoms with Crippen molar-refractivity contribution in [2.24, 2.45) is 5.73 Å². The highest BCUT2D eigenvalue weighted by Crippen LogP contribution is 2.33. The van der Waals surface area contributed by atoms with Crippen LogP contribution in [0.1, 0.15) is 10.4 Å². The molecule has 0 saturated heterocycles. The number of halogens is 2. The second kappa shape index (κ2) is 5.16. The third-order valence-electron chi connectivity index (χ3n) is 2.43. The first-order valence-electron chi connectivity index (χ1n) is 5.30. The van der Waals surface area contributed by atoms with E-state index in [9.17, 15) is 9.18 Å². The standard InChI is InChI=1S/C13H10ClFN2O2/c14-8-5-12(10(16)6-9(8)15)19-11-4-2-1-3-7(11)13(17)18/h1-6H,16H2,(H2,17,18). The summed E-state index contributed by atoms with van der Waals surface area (Å²) in [7, 11) is 0. The van der Waals surface area contributed by atoms with Gasteiger partial charge in [-0.05, 0) is 12.1 Å². The van der Waals surface area contributed by atoms with E-state index in [4.69, 9.17) is 27.8 Å². The van der Waals surface area contributed by atoms with Gasteiger partial charge in [-0.2, -0.15) is 0 Å². The molecule has 0 saturated carbocycles. The van der Waals surface area contributed by atoms with Gasteiger partial charge in [-0.15, -0.1) is 0 Å². The van der Waals surface area contributed by atoms with Gasteiger partial charge in [0.05, 0.1) is 16.3 Å². The van der Waals surface area contributed by atoms with Crippen molar-refractivity contribution >= 4 is 23.2 Å². The molecular formula is C13H10ClFN2O2. The molecule has 19 heavy (non-hydrogen) atoms. The Balaban J connectivity index is 2.42. The number of benzene rings is 2. The molecule has 0 aliphatic carbocycles. The number of anilines is 1.